The summed E-state index contributed by atoms with van der Waals surface area (Å²) in [6.45, 7) is 7.09. The Kier molecular flexibility index (Phi) is 5.48. The average Bonchev–Trinajstić information content (AvgIpc) is 3.02. The number of amides is 1. The minimum Gasteiger partial charge on any atom is -0.450 e. The van der Waals surface area contributed by atoms with E-state index in [4.69, 9.17) is 9.15 Å². The Bertz CT molecular complexity index is 1160. The van der Waals surface area contributed by atoms with Gasteiger partial charge in [-0.25, -0.2) is 0 Å². The predicted octanol–water partition coefficient (Wildman–Crippen LogP) is 4.55. The highest BCUT2D eigenvalue weighted by Crippen LogP contribution is 2.38. The molecule has 4 rings (SSSR count). The number of hydrogen-bond donors (Lipinski definition) is 0. The van der Waals surface area contributed by atoms with Crippen molar-refractivity contribution >= 4 is 16.9 Å². The summed E-state index contributed by atoms with van der Waals surface area (Å²) < 4.78 is 11.2. The lowest BCUT2D eigenvalue weighted by molar-refractivity contribution is 0.0708. The lowest BCUT2D eigenvalue weighted by atomic mass is 9.96. The van der Waals surface area contributed by atoms with Crippen LogP contribution in [0, 0.1) is 13.8 Å². The highest BCUT2D eigenvalue weighted by atomic mass is 16.5. The first-order chi connectivity index (χ1) is 14.5. The number of hydrogen-bond acceptors (Lipinski definition) is 4. The molecule has 1 aliphatic heterocycles. The molecular weight excluding hydrogens is 378 g/mol. The Labute approximate surface area is 176 Å². The van der Waals surface area contributed by atoms with Gasteiger partial charge in [0.1, 0.15) is 5.58 Å². The van der Waals surface area contributed by atoms with Crippen molar-refractivity contribution in [3.63, 3.8) is 0 Å². The number of fused-ring (bicyclic) bond motifs is 2. The summed E-state index contributed by atoms with van der Waals surface area (Å²) in [4.78, 5) is 28.6. The number of rotatable bonds is 6. The molecule has 0 saturated carbocycles. The molecule has 0 spiro atoms. The molecule has 30 heavy (non-hydrogen) atoms. The molecule has 3 aromatic rings. The van der Waals surface area contributed by atoms with Crippen molar-refractivity contribution in [1.82, 2.24) is 4.90 Å². The van der Waals surface area contributed by atoms with E-state index in [-0.39, 0.29) is 17.1 Å². The lowest BCUT2D eigenvalue weighted by Gasteiger charge is -2.25. The van der Waals surface area contributed by atoms with Crippen molar-refractivity contribution < 1.29 is 13.9 Å². The fraction of sp³-hybridized carbons (Fsp3) is 0.360. The first-order valence-electron chi connectivity index (χ1n) is 10.4. The van der Waals surface area contributed by atoms with Crippen molar-refractivity contribution in [2.45, 2.75) is 39.7 Å². The second-order valence-corrected chi connectivity index (χ2v) is 7.95. The molecule has 0 N–H and O–H groups in total. The zero-order chi connectivity index (χ0) is 21.4. The minimum absolute atomic E-state index is 0.124. The zero-order valence-electron chi connectivity index (χ0n) is 18.0. The van der Waals surface area contributed by atoms with Crippen molar-refractivity contribution in [3.05, 3.63) is 80.2 Å². The van der Waals surface area contributed by atoms with Crippen LogP contribution in [-0.2, 0) is 11.2 Å². The van der Waals surface area contributed by atoms with E-state index < -0.39 is 6.04 Å². The molecule has 5 heteroatoms. The standard InChI is InChI=1S/C25H27NO4/c1-5-17-7-9-18(10-8-17)22-21-23(27)19-13-15(2)16(3)14-20(19)30-24(21)25(28)26(22)11-6-12-29-4/h7-10,13-14,22H,5-6,11-12H2,1-4H3. The van der Waals surface area contributed by atoms with E-state index in [1.54, 1.807) is 12.0 Å². The Hall–Kier alpha value is -2.92. The number of nitrogens with zero attached hydrogens (tertiary/aromatic N) is 1. The summed E-state index contributed by atoms with van der Waals surface area (Å²) in [7, 11) is 1.64. The summed E-state index contributed by atoms with van der Waals surface area (Å²) in [6.07, 6.45) is 1.62. The van der Waals surface area contributed by atoms with Crippen LogP contribution in [0.3, 0.4) is 0 Å². The normalized spacial score (nSPS) is 15.8. The Balaban J connectivity index is 1.91. The topological polar surface area (TPSA) is 59.8 Å². The van der Waals surface area contributed by atoms with Gasteiger partial charge in [-0.3, -0.25) is 9.59 Å². The van der Waals surface area contributed by atoms with Gasteiger partial charge in [0, 0.05) is 20.3 Å². The summed E-state index contributed by atoms with van der Waals surface area (Å²) in [5, 5.41) is 0.526. The molecule has 1 atom stereocenters. The monoisotopic (exact) mass is 405 g/mol. The van der Waals surface area contributed by atoms with E-state index in [0.29, 0.717) is 36.1 Å². The molecule has 2 heterocycles. The molecule has 0 aliphatic carbocycles. The number of methoxy groups -OCH3 is 1. The Morgan fingerprint density at radius 3 is 2.43 bits per heavy atom. The molecule has 0 bridgehead atoms. The molecule has 0 fully saturated rings. The van der Waals surface area contributed by atoms with Gasteiger partial charge in [-0.1, -0.05) is 31.2 Å². The smallest absolute Gasteiger partial charge is 0.290 e. The van der Waals surface area contributed by atoms with Gasteiger partial charge in [-0.2, -0.15) is 0 Å². The average molecular weight is 405 g/mol. The number of carbonyl (C=O) groups is 1. The lowest BCUT2D eigenvalue weighted by Crippen LogP contribution is -2.31. The molecule has 156 valence electrons. The SMILES string of the molecule is CCc1ccc(C2c3c(oc4cc(C)c(C)cc4c3=O)C(=O)N2CCCOC)cc1. The molecule has 1 aliphatic rings. The number of benzene rings is 2. The third kappa shape index (κ3) is 3.33. The second-order valence-electron chi connectivity index (χ2n) is 7.95. The van der Waals surface area contributed by atoms with Crippen LogP contribution < -0.4 is 5.43 Å². The van der Waals surface area contributed by atoms with Gasteiger partial charge >= 0.3 is 0 Å². The highest BCUT2D eigenvalue weighted by molar-refractivity contribution is 5.99. The fourth-order valence-electron chi connectivity index (χ4n) is 4.17. The van der Waals surface area contributed by atoms with E-state index in [0.717, 1.165) is 23.1 Å². The van der Waals surface area contributed by atoms with E-state index >= 15 is 0 Å². The van der Waals surface area contributed by atoms with Crippen LogP contribution in [0.2, 0.25) is 0 Å². The third-order valence-electron chi connectivity index (χ3n) is 6.03. The quantitative estimate of drug-likeness (QED) is 0.565. The number of carbonyl (C=O) groups excluding carboxylic acids is 1. The molecule has 0 radical (unpaired) electrons. The Morgan fingerprint density at radius 2 is 1.77 bits per heavy atom. The Morgan fingerprint density at radius 1 is 1.07 bits per heavy atom. The largest absolute Gasteiger partial charge is 0.450 e. The molecule has 1 unspecified atom stereocenters. The van der Waals surface area contributed by atoms with Crippen molar-refractivity contribution in [2.24, 2.45) is 0 Å². The van der Waals surface area contributed by atoms with Crippen molar-refractivity contribution in [2.75, 3.05) is 20.3 Å². The maximum atomic E-state index is 13.5. The van der Waals surface area contributed by atoms with Crippen molar-refractivity contribution in [1.29, 1.82) is 0 Å². The summed E-state index contributed by atoms with van der Waals surface area (Å²) in [5.74, 6) is -0.0689. The van der Waals surface area contributed by atoms with Crippen LogP contribution >= 0.6 is 0 Å². The minimum atomic E-state index is -0.447. The first kappa shape index (κ1) is 20.4. The molecule has 5 nitrogen and oxygen atoms in total. The number of aryl methyl sites for hydroxylation is 3. The van der Waals surface area contributed by atoms with Gasteiger partial charge in [-0.15, -0.1) is 0 Å². The van der Waals surface area contributed by atoms with Gasteiger partial charge < -0.3 is 14.1 Å². The van der Waals surface area contributed by atoms with E-state index in [1.165, 1.54) is 5.56 Å². The van der Waals surface area contributed by atoms with Crippen LogP contribution in [0.1, 0.15) is 57.8 Å². The van der Waals surface area contributed by atoms with Gasteiger partial charge in [0.2, 0.25) is 5.76 Å². The second kappa shape index (κ2) is 8.07. The van der Waals surface area contributed by atoms with Gasteiger partial charge in [0.15, 0.2) is 5.43 Å². The van der Waals surface area contributed by atoms with E-state index in [1.807, 2.05) is 38.1 Å². The summed E-state index contributed by atoms with van der Waals surface area (Å²) >= 11 is 0. The van der Waals surface area contributed by atoms with Crippen molar-refractivity contribution in [3.8, 4) is 0 Å². The highest BCUT2D eigenvalue weighted by Gasteiger charge is 2.42. The third-order valence-corrected chi connectivity index (χ3v) is 6.03. The van der Waals surface area contributed by atoms with Crippen LogP contribution in [0.4, 0.5) is 0 Å². The zero-order valence-corrected chi connectivity index (χ0v) is 18.0. The predicted molar refractivity (Wildman–Crippen MR) is 117 cm³/mol. The number of ether oxygens (including phenoxy) is 1. The fourth-order valence-corrected chi connectivity index (χ4v) is 4.17. The maximum absolute atomic E-state index is 13.5. The van der Waals surface area contributed by atoms with Gasteiger partial charge in [0.25, 0.3) is 5.91 Å². The molecule has 1 amide bonds. The molecular formula is C25H27NO4. The van der Waals surface area contributed by atoms with Crippen LogP contribution in [0.15, 0.2) is 45.6 Å². The molecule has 0 saturated heterocycles. The van der Waals surface area contributed by atoms with Crippen LogP contribution in [0.25, 0.3) is 11.0 Å². The van der Waals surface area contributed by atoms with Crippen LogP contribution in [-0.4, -0.2) is 31.1 Å². The van der Waals surface area contributed by atoms with Crippen LogP contribution in [0.5, 0.6) is 0 Å². The van der Waals surface area contributed by atoms with E-state index in [9.17, 15) is 9.59 Å². The van der Waals surface area contributed by atoms with Gasteiger partial charge in [0.05, 0.1) is 17.0 Å². The molecule has 1 aromatic heterocycles. The summed E-state index contributed by atoms with van der Waals surface area (Å²) in [5.41, 5.74) is 4.98. The summed E-state index contributed by atoms with van der Waals surface area (Å²) in [6, 6.07) is 11.4. The van der Waals surface area contributed by atoms with E-state index in [2.05, 4.69) is 19.1 Å². The first-order valence-corrected chi connectivity index (χ1v) is 10.4. The maximum Gasteiger partial charge on any atom is 0.290 e. The van der Waals surface area contributed by atoms with Gasteiger partial charge in [-0.05, 0) is 61.1 Å². The molecule has 2 aromatic carbocycles.